The first kappa shape index (κ1) is 53.5. The number of hydrogen-bond donors (Lipinski definition) is 1. The van der Waals surface area contributed by atoms with Crippen LogP contribution < -0.4 is 9.47 Å². The van der Waals surface area contributed by atoms with Crippen molar-refractivity contribution in [3.05, 3.63) is 109 Å². The number of benzene rings is 4. The fraction of sp³-hybridized carbons (Fsp3) is 0.485. The van der Waals surface area contributed by atoms with Gasteiger partial charge in [-0.05, 0) is 25.0 Å². The number of ether oxygens (including phenoxy) is 2. The second kappa shape index (κ2) is 29.8. The molecule has 4 heterocycles. The monoisotopic (exact) mass is 980 g/mol. The van der Waals surface area contributed by atoms with E-state index in [9.17, 15) is 0 Å². The van der Waals surface area contributed by atoms with Crippen molar-refractivity contribution in [1.29, 1.82) is 0 Å². The van der Waals surface area contributed by atoms with E-state index in [1.807, 2.05) is 24.5 Å². The summed E-state index contributed by atoms with van der Waals surface area (Å²) in [7, 11) is 0. The van der Waals surface area contributed by atoms with E-state index in [0.29, 0.717) is 35.7 Å². The summed E-state index contributed by atoms with van der Waals surface area (Å²) in [5.74, 6) is 1.43. The Bertz CT molecular complexity index is 2640. The Morgan fingerprint density at radius 3 is 0.986 bits per heavy atom. The summed E-state index contributed by atoms with van der Waals surface area (Å²) >= 11 is 0. The van der Waals surface area contributed by atoms with E-state index in [1.54, 1.807) is 0 Å². The number of fused-ring (bicyclic) bond motifs is 16. The van der Waals surface area contributed by atoms with Crippen LogP contribution in [0.5, 0.6) is 11.5 Å². The summed E-state index contributed by atoms with van der Waals surface area (Å²) in [6.07, 6.45) is 40.9. The first-order valence-corrected chi connectivity index (χ1v) is 29.1. The number of nitrogens with zero attached hydrogens (tertiary/aromatic N) is 4. The van der Waals surface area contributed by atoms with Crippen molar-refractivity contribution in [1.82, 2.24) is 24.9 Å². The molecule has 0 saturated carbocycles. The van der Waals surface area contributed by atoms with Gasteiger partial charge >= 0.3 is 0 Å². The number of hydrogen-bond acceptors (Lipinski definition) is 6. The quantitative estimate of drug-likeness (QED) is 0.0423. The van der Waals surface area contributed by atoms with Gasteiger partial charge in [-0.25, -0.2) is 9.97 Å². The lowest BCUT2D eigenvalue weighted by Gasteiger charge is -2.13. The van der Waals surface area contributed by atoms with Crippen molar-refractivity contribution in [2.24, 2.45) is 0 Å². The van der Waals surface area contributed by atoms with Gasteiger partial charge in [-0.1, -0.05) is 254 Å². The molecule has 1 N–H and O–H groups in total. The predicted octanol–water partition coefficient (Wildman–Crippen LogP) is 19.9. The first-order chi connectivity index (χ1) is 36.2. The van der Waals surface area contributed by atoms with Crippen LogP contribution in [0.15, 0.2) is 109 Å². The maximum absolute atomic E-state index is 6.68. The van der Waals surface area contributed by atoms with E-state index in [2.05, 4.69) is 104 Å². The van der Waals surface area contributed by atoms with Crippen LogP contribution in [-0.2, 0) is 0 Å². The number of aromatic amines is 1. The van der Waals surface area contributed by atoms with Gasteiger partial charge in [0, 0.05) is 56.2 Å². The fourth-order valence-electron chi connectivity index (χ4n) is 10.7. The molecule has 6 bridgehead atoms. The van der Waals surface area contributed by atoms with Gasteiger partial charge in [0.1, 0.15) is 0 Å². The molecule has 0 fully saturated rings. The Balaban J connectivity index is 1.02. The number of unbranched alkanes of at least 4 members (excludes halogenated alkanes) is 26. The number of nitrogens with one attached hydrogen (secondary N) is 1. The van der Waals surface area contributed by atoms with Crippen LogP contribution in [0.4, 0.5) is 0 Å². The van der Waals surface area contributed by atoms with Gasteiger partial charge in [-0.2, -0.15) is 0 Å². The molecule has 2 aliphatic rings. The zero-order valence-electron chi connectivity index (χ0n) is 44.7. The summed E-state index contributed by atoms with van der Waals surface area (Å²) in [4.78, 5) is 24.6. The van der Waals surface area contributed by atoms with Gasteiger partial charge in [0.25, 0.3) is 0 Å². The molecule has 0 amide bonds. The van der Waals surface area contributed by atoms with Crippen molar-refractivity contribution >= 4 is 32.8 Å². The minimum absolute atomic E-state index is 0.630. The van der Waals surface area contributed by atoms with Crippen LogP contribution in [0.3, 0.4) is 0 Å². The third-order valence-electron chi connectivity index (χ3n) is 15.0. The highest BCUT2D eigenvalue weighted by Crippen LogP contribution is 2.39. The van der Waals surface area contributed by atoms with Crippen LogP contribution in [-0.4, -0.2) is 38.1 Å². The summed E-state index contributed by atoms with van der Waals surface area (Å²) < 4.78 is 13.4. The molecule has 7 nitrogen and oxygen atoms in total. The van der Waals surface area contributed by atoms with Crippen molar-refractivity contribution < 1.29 is 9.47 Å². The largest absolute Gasteiger partial charge is 0.490 e. The Morgan fingerprint density at radius 1 is 0.342 bits per heavy atom. The normalized spacial score (nSPS) is 11.7. The van der Waals surface area contributed by atoms with E-state index in [1.165, 1.54) is 154 Å². The lowest BCUT2D eigenvalue weighted by Crippen LogP contribution is -2.03. The van der Waals surface area contributed by atoms with Crippen molar-refractivity contribution in [3.63, 3.8) is 0 Å². The standard InChI is InChI=1S/C66H85N5O2/c1-3-5-7-9-11-13-15-17-19-21-23-25-27-35-43-72-65-47-61-62(48-66(65)73-44-36-28-26-24-22-20-18-16-14-12-10-8-6-4-2)68-50-64-56-42-34-32-40-54(56)60(71-64)46-58-52-38-30-29-37-51(52)57(69-58)45-59-53-39-31-33-41-55(53)63(70-59)49-67-61/h29-34,37-42,45-50,69H,3-28,35-36,43-44H2,1-2H3. The van der Waals surface area contributed by atoms with Gasteiger partial charge in [-0.15, -0.1) is 0 Å². The highest BCUT2D eigenvalue weighted by molar-refractivity contribution is 6.08. The molecule has 7 heteroatoms. The number of H-pyrrole nitrogens is 1. The molecule has 0 unspecified atom stereocenters. The first-order valence-electron chi connectivity index (χ1n) is 29.1. The van der Waals surface area contributed by atoms with Crippen LogP contribution >= 0.6 is 0 Å². The van der Waals surface area contributed by atoms with Gasteiger partial charge in [0.15, 0.2) is 11.5 Å². The van der Waals surface area contributed by atoms with Crippen LogP contribution in [0.25, 0.3) is 77.9 Å². The van der Waals surface area contributed by atoms with Gasteiger partial charge in [0.05, 0.1) is 59.4 Å². The van der Waals surface area contributed by atoms with Gasteiger partial charge in [0.2, 0.25) is 0 Å². The number of rotatable bonds is 32. The molecule has 8 rings (SSSR count). The lowest BCUT2D eigenvalue weighted by molar-refractivity contribution is 0.259. The third kappa shape index (κ3) is 15.8. The summed E-state index contributed by atoms with van der Waals surface area (Å²) in [6.45, 7) is 5.85. The molecule has 2 aromatic heterocycles. The molecule has 0 radical (unpaired) electrons. The maximum Gasteiger partial charge on any atom is 0.163 e. The highest BCUT2D eigenvalue weighted by atomic mass is 16.5. The Morgan fingerprint density at radius 2 is 0.644 bits per heavy atom. The van der Waals surface area contributed by atoms with E-state index < -0.39 is 0 Å². The van der Waals surface area contributed by atoms with Gasteiger partial charge < -0.3 is 14.5 Å². The Labute approximate surface area is 438 Å². The second-order valence-electron chi connectivity index (χ2n) is 20.8. The Hall–Kier alpha value is -5.82. The molecular formula is C66H85N5O2. The predicted molar refractivity (Wildman–Crippen MR) is 309 cm³/mol. The van der Waals surface area contributed by atoms with Crippen LogP contribution in [0, 0.1) is 0 Å². The fourth-order valence-corrected chi connectivity index (χ4v) is 10.7. The van der Waals surface area contributed by atoms with E-state index in [4.69, 9.17) is 29.4 Å². The van der Waals surface area contributed by atoms with Crippen molar-refractivity contribution in [3.8, 4) is 56.5 Å². The molecule has 0 spiro atoms. The van der Waals surface area contributed by atoms with E-state index in [-0.39, 0.29) is 0 Å². The average Bonchev–Trinajstić information content (AvgIpc) is 4.08. The molecule has 2 aliphatic heterocycles. The zero-order valence-corrected chi connectivity index (χ0v) is 44.7. The van der Waals surface area contributed by atoms with E-state index >= 15 is 0 Å². The third-order valence-corrected chi connectivity index (χ3v) is 15.0. The highest BCUT2D eigenvalue weighted by Gasteiger charge is 2.19. The number of aromatic nitrogens is 5. The zero-order chi connectivity index (χ0) is 50.1. The smallest absolute Gasteiger partial charge is 0.163 e. The summed E-state index contributed by atoms with van der Waals surface area (Å²) in [5, 5.41) is 2.26. The molecule has 73 heavy (non-hydrogen) atoms. The van der Waals surface area contributed by atoms with E-state index in [0.717, 1.165) is 92.5 Å². The minimum Gasteiger partial charge on any atom is -0.490 e. The topological polar surface area (TPSA) is 85.8 Å². The maximum atomic E-state index is 6.68. The molecule has 386 valence electrons. The second-order valence-corrected chi connectivity index (χ2v) is 20.8. The molecule has 6 aromatic rings. The summed E-state index contributed by atoms with van der Waals surface area (Å²) in [5.41, 5.74) is 11.0. The molecule has 4 aromatic carbocycles. The van der Waals surface area contributed by atoms with Crippen LogP contribution in [0.1, 0.15) is 194 Å². The van der Waals surface area contributed by atoms with Crippen molar-refractivity contribution in [2.45, 2.75) is 194 Å². The molecule has 0 aliphatic carbocycles. The van der Waals surface area contributed by atoms with Gasteiger partial charge in [-0.3, -0.25) is 9.97 Å². The average molecular weight is 980 g/mol. The molecule has 0 saturated heterocycles. The Kier molecular flexibility index (Phi) is 21.8. The van der Waals surface area contributed by atoms with Crippen LogP contribution in [0.2, 0.25) is 0 Å². The summed E-state index contributed by atoms with van der Waals surface area (Å²) in [6, 6.07) is 33.8. The van der Waals surface area contributed by atoms with Crippen molar-refractivity contribution in [2.75, 3.05) is 13.2 Å². The molecular weight excluding hydrogens is 895 g/mol. The lowest BCUT2D eigenvalue weighted by atomic mass is 10.0. The SMILES string of the molecule is CCCCCCCCCCCCCCCCOc1cc2ncc3nc(cc4[nH]c(cc5nc(cnc2cc1OCCCCCCCCCCCCCCCC)-c1ccccc1-5)c1ccccc41)-c1ccccc1-3. The molecule has 0 atom stereocenters. The minimum atomic E-state index is 0.630.